The Labute approximate surface area is 181 Å². The summed E-state index contributed by atoms with van der Waals surface area (Å²) >= 11 is 0. The van der Waals surface area contributed by atoms with Crippen LogP contribution in [0.2, 0.25) is 0 Å². The van der Waals surface area contributed by atoms with Crippen molar-refractivity contribution in [1.29, 1.82) is 0 Å². The molecule has 1 saturated heterocycles. The molecule has 8 heteroatoms. The van der Waals surface area contributed by atoms with E-state index in [4.69, 9.17) is 14.6 Å². The van der Waals surface area contributed by atoms with Gasteiger partial charge in [-0.05, 0) is 35.4 Å². The molecule has 2 aromatic rings. The van der Waals surface area contributed by atoms with Crippen LogP contribution in [-0.4, -0.2) is 78.3 Å². The molecule has 31 heavy (non-hydrogen) atoms. The van der Waals surface area contributed by atoms with Crippen LogP contribution in [0.1, 0.15) is 11.1 Å². The number of piperazine rings is 1. The standard InChI is InChI=1S/C23H30F2N2O4/c24-20-5-1-18(2-6-20)16-30-23(31-17-19-3-7-21(25)8-4-19)14-27-11-9-26(10-12-27)13-22(29)15-28/h1-8,22-23,28-29H,9-17H2. The molecule has 0 aliphatic carbocycles. The van der Waals surface area contributed by atoms with E-state index >= 15 is 0 Å². The highest BCUT2D eigenvalue weighted by Gasteiger charge is 2.22. The zero-order valence-electron chi connectivity index (χ0n) is 17.5. The first kappa shape index (κ1) is 23.7. The molecule has 2 aromatic carbocycles. The molecule has 1 aliphatic rings. The molecule has 0 spiro atoms. The van der Waals surface area contributed by atoms with Crippen LogP contribution < -0.4 is 0 Å². The highest BCUT2D eigenvalue weighted by atomic mass is 19.1. The van der Waals surface area contributed by atoms with Crippen LogP contribution in [-0.2, 0) is 22.7 Å². The minimum Gasteiger partial charge on any atom is -0.394 e. The van der Waals surface area contributed by atoms with Crippen LogP contribution in [0, 0.1) is 11.6 Å². The van der Waals surface area contributed by atoms with Crippen LogP contribution in [0.3, 0.4) is 0 Å². The number of halogens is 2. The molecule has 2 N–H and O–H groups in total. The van der Waals surface area contributed by atoms with E-state index in [0.29, 0.717) is 13.1 Å². The second kappa shape index (κ2) is 12.2. The summed E-state index contributed by atoms with van der Waals surface area (Å²) in [5.74, 6) is -0.589. The van der Waals surface area contributed by atoms with E-state index in [1.807, 2.05) is 0 Å². The van der Waals surface area contributed by atoms with E-state index in [-0.39, 0.29) is 31.5 Å². The summed E-state index contributed by atoms with van der Waals surface area (Å²) in [4.78, 5) is 4.34. The second-order valence-corrected chi connectivity index (χ2v) is 7.74. The zero-order chi connectivity index (χ0) is 22.1. The average molecular weight is 436 g/mol. The number of ether oxygens (including phenoxy) is 2. The topological polar surface area (TPSA) is 65.4 Å². The third-order valence-electron chi connectivity index (χ3n) is 5.25. The molecule has 0 bridgehead atoms. The summed E-state index contributed by atoms with van der Waals surface area (Å²) in [6.07, 6.45) is -1.23. The van der Waals surface area contributed by atoms with E-state index in [1.165, 1.54) is 24.3 Å². The van der Waals surface area contributed by atoms with Crippen molar-refractivity contribution in [2.75, 3.05) is 45.9 Å². The van der Waals surface area contributed by atoms with Gasteiger partial charge in [0.1, 0.15) is 11.6 Å². The Hall–Kier alpha value is -1.94. The average Bonchev–Trinajstić information content (AvgIpc) is 2.79. The van der Waals surface area contributed by atoms with Crippen LogP contribution in [0.15, 0.2) is 48.5 Å². The van der Waals surface area contributed by atoms with Crippen molar-refractivity contribution in [2.24, 2.45) is 0 Å². The first-order chi connectivity index (χ1) is 15.0. The van der Waals surface area contributed by atoms with Crippen LogP contribution >= 0.6 is 0 Å². The molecule has 0 saturated carbocycles. The Morgan fingerprint density at radius 3 is 1.58 bits per heavy atom. The van der Waals surface area contributed by atoms with Crippen molar-refractivity contribution in [3.63, 3.8) is 0 Å². The van der Waals surface area contributed by atoms with E-state index in [1.54, 1.807) is 24.3 Å². The lowest BCUT2D eigenvalue weighted by Gasteiger charge is -2.36. The van der Waals surface area contributed by atoms with Crippen LogP contribution in [0.25, 0.3) is 0 Å². The maximum Gasteiger partial charge on any atom is 0.171 e. The smallest absolute Gasteiger partial charge is 0.171 e. The molecule has 1 unspecified atom stereocenters. The van der Waals surface area contributed by atoms with Gasteiger partial charge in [0.05, 0.1) is 25.9 Å². The van der Waals surface area contributed by atoms with Gasteiger partial charge in [-0.2, -0.15) is 0 Å². The minimum atomic E-state index is -0.725. The van der Waals surface area contributed by atoms with E-state index < -0.39 is 12.4 Å². The number of aliphatic hydroxyl groups excluding tert-OH is 2. The fraction of sp³-hybridized carbons (Fsp3) is 0.478. The number of nitrogens with zero attached hydrogens (tertiary/aromatic N) is 2. The minimum absolute atomic E-state index is 0.239. The van der Waals surface area contributed by atoms with Crippen molar-refractivity contribution in [1.82, 2.24) is 9.80 Å². The highest BCUT2D eigenvalue weighted by molar-refractivity contribution is 5.15. The maximum atomic E-state index is 13.1. The van der Waals surface area contributed by atoms with Gasteiger partial charge in [0.2, 0.25) is 0 Å². The van der Waals surface area contributed by atoms with Crippen molar-refractivity contribution >= 4 is 0 Å². The highest BCUT2D eigenvalue weighted by Crippen LogP contribution is 2.13. The largest absolute Gasteiger partial charge is 0.394 e. The molecule has 1 heterocycles. The van der Waals surface area contributed by atoms with Gasteiger partial charge in [0.25, 0.3) is 0 Å². The lowest BCUT2D eigenvalue weighted by atomic mass is 10.2. The van der Waals surface area contributed by atoms with Gasteiger partial charge in [-0.3, -0.25) is 9.80 Å². The van der Waals surface area contributed by atoms with Crippen LogP contribution in [0.5, 0.6) is 0 Å². The summed E-state index contributed by atoms with van der Waals surface area (Å²) in [6, 6.07) is 12.3. The van der Waals surface area contributed by atoms with Gasteiger partial charge >= 0.3 is 0 Å². The van der Waals surface area contributed by atoms with Gasteiger partial charge in [0.15, 0.2) is 6.29 Å². The van der Waals surface area contributed by atoms with Crippen molar-refractivity contribution in [3.05, 3.63) is 71.3 Å². The first-order valence-corrected chi connectivity index (χ1v) is 10.5. The number of hydrogen-bond acceptors (Lipinski definition) is 6. The Balaban J connectivity index is 1.53. The maximum absolute atomic E-state index is 13.1. The first-order valence-electron chi connectivity index (χ1n) is 10.5. The Kier molecular flexibility index (Phi) is 9.32. The molecule has 170 valence electrons. The van der Waals surface area contributed by atoms with E-state index in [0.717, 1.165) is 37.3 Å². The Morgan fingerprint density at radius 1 is 0.742 bits per heavy atom. The van der Waals surface area contributed by atoms with Gasteiger partial charge in [-0.15, -0.1) is 0 Å². The van der Waals surface area contributed by atoms with Gasteiger partial charge < -0.3 is 19.7 Å². The molecule has 0 amide bonds. The predicted octanol–water partition coefficient (Wildman–Crippen LogP) is 2.00. The van der Waals surface area contributed by atoms with Crippen molar-refractivity contribution in [3.8, 4) is 0 Å². The molecule has 0 radical (unpaired) electrons. The molecule has 1 fully saturated rings. The zero-order valence-corrected chi connectivity index (χ0v) is 17.5. The summed E-state index contributed by atoms with van der Waals surface area (Å²) in [6.45, 7) is 4.47. The lowest BCUT2D eigenvalue weighted by Crippen LogP contribution is -2.51. The molecular formula is C23H30F2N2O4. The van der Waals surface area contributed by atoms with Crippen LogP contribution in [0.4, 0.5) is 8.78 Å². The molecule has 3 rings (SSSR count). The Bertz CT molecular complexity index is 719. The number of β-amino-alcohol motifs (C(OH)–C–C–N with tert-alkyl or cyclic N) is 1. The molecule has 6 nitrogen and oxygen atoms in total. The summed E-state index contributed by atoms with van der Waals surface area (Å²) < 4.78 is 38.2. The van der Waals surface area contributed by atoms with E-state index in [2.05, 4.69) is 9.80 Å². The summed E-state index contributed by atoms with van der Waals surface area (Å²) in [5.41, 5.74) is 1.69. The monoisotopic (exact) mass is 436 g/mol. The number of rotatable bonds is 11. The molecular weight excluding hydrogens is 406 g/mol. The number of hydrogen-bond donors (Lipinski definition) is 2. The third kappa shape index (κ3) is 8.25. The van der Waals surface area contributed by atoms with Crippen molar-refractivity contribution < 1.29 is 28.5 Å². The normalized spacial score (nSPS) is 16.7. The van der Waals surface area contributed by atoms with Gasteiger partial charge in [0, 0.05) is 39.3 Å². The number of benzene rings is 2. The molecule has 1 atom stereocenters. The third-order valence-corrected chi connectivity index (χ3v) is 5.25. The van der Waals surface area contributed by atoms with E-state index in [9.17, 15) is 13.9 Å². The quantitative estimate of drug-likeness (QED) is 0.526. The summed E-state index contributed by atoms with van der Waals surface area (Å²) in [5, 5.41) is 18.6. The lowest BCUT2D eigenvalue weighted by molar-refractivity contribution is -0.168. The fourth-order valence-corrected chi connectivity index (χ4v) is 3.41. The number of aliphatic hydroxyl groups is 2. The molecule has 0 aromatic heterocycles. The van der Waals surface area contributed by atoms with Gasteiger partial charge in [-0.1, -0.05) is 24.3 Å². The molecule has 1 aliphatic heterocycles. The Morgan fingerprint density at radius 2 is 1.16 bits per heavy atom. The van der Waals surface area contributed by atoms with Gasteiger partial charge in [-0.25, -0.2) is 8.78 Å². The fourth-order valence-electron chi connectivity index (χ4n) is 3.41. The SMILES string of the molecule is OCC(O)CN1CCN(CC(OCc2ccc(F)cc2)OCc2ccc(F)cc2)CC1. The van der Waals surface area contributed by atoms with Crippen molar-refractivity contribution in [2.45, 2.75) is 25.6 Å². The second-order valence-electron chi connectivity index (χ2n) is 7.74. The predicted molar refractivity (Wildman–Crippen MR) is 112 cm³/mol. The summed E-state index contributed by atoms with van der Waals surface area (Å²) in [7, 11) is 0.